The first-order valence-electron chi connectivity index (χ1n) is 7.78. The number of rotatable bonds is 4. The highest BCUT2D eigenvalue weighted by Gasteiger charge is 2.21. The summed E-state index contributed by atoms with van der Waals surface area (Å²) >= 11 is 1.70. The topological polar surface area (TPSA) is 69.6 Å². The number of carbonyl (C=O) groups is 1. The molecule has 0 atom stereocenters. The molecule has 1 amide bonds. The number of halogens is 1. The number of nitrogens with zero attached hydrogens (tertiary/aromatic N) is 3. The highest BCUT2D eigenvalue weighted by molar-refractivity contribution is 14.0. The van der Waals surface area contributed by atoms with Gasteiger partial charge in [-0.3, -0.25) is 9.79 Å². The van der Waals surface area contributed by atoms with E-state index in [1.807, 2.05) is 4.90 Å². The lowest BCUT2D eigenvalue weighted by atomic mass is 10.1. The average molecular weight is 451 g/mol. The highest BCUT2D eigenvalue weighted by atomic mass is 127. The van der Waals surface area contributed by atoms with Crippen molar-refractivity contribution in [3.05, 3.63) is 16.1 Å². The minimum absolute atomic E-state index is 0. The van der Waals surface area contributed by atoms with Crippen molar-refractivity contribution in [1.82, 2.24) is 20.5 Å². The number of aliphatic imine (C=N–C) groups is 1. The van der Waals surface area contributed by atoms with E-state index in [0.29, 0.717) is 12.6 Å². The summed E-state index contributed by atoms with van der Waals surface area (Å²) in [6, 6.07) is 0.364. The third-order valence-corrected chi connectivity index (χ3v) is 4.89. The number of thiazole rings is 1. The number of hydrogen-bond donors (Lipinski definition) is 2. The zero-order chi connectivity index (χ0) is 15.9. The summed E-state index contributed by atoms with van der Waals surface area (Å²) in [5, 5.41) is 9.99. The molecule has 1 fully saturated rings. The predicted octanol–water partition coefficient (Wildman–Crippen LogP) is 2.00. The summed E-state index contributed by atoms with van der Waals surface area (Å²) in [6.45, 7) is 6.06. The number of guanidine groups is 1. The van der Waals surface area contributed by atoms with Crippen molar-refractivity contribution in [2.24, 2.45) is 4.99 Å². The second-order valence-electron chi connectivity index (χ2n) is 5.44. The number of carbonyl (C=O) groups excluding carboxylic acids is 1. The Kier molecular flexibility index (Phi) is 8.82. The maximum absolute atomic E-state index is 11.3. The van der Waals surface area contributed by atoms with Gasteiger partial charge in [0, 0.05) is 38.5 Å². The van der Waals surface area contributed by atoms with Crippen molar-refractivity contribution in [3.63, 3.8) is 0 Å². The van der Waals surface area contributed by atoms with Gasteiger partial charge in [0.15, 0.2) is 5.96 Å². The fourth-order valence-corrected chi connectivity index (χ4v) is 3.24. The lowest BCUT2D eigenvalue weighted by Crippen LogP contribution is -2.49. The summed E-state index contributed by atoms with van der Waals surface area (Å²) in [6.07, 6.45) is 2.89. The maximum atomic E-state index is 11.3. The lowest BCUT2D eigenvalue weighted by Gasteiger charge is -2.32. The SMILES string of the molecule is CCc1nc(CNC(=NC)NC2CCN(C(C)=O)CC2)cs1.I. The van der Waals surface area contributed by atoms with Gasteiger partial charge in [-0.15, -0.1) is 35.3 Å². The van der Waals surface area contributed by atoms with Gasteiger partial charge in [-0.1, -0.05) is 6.92 Å². The minimum atomic E-state index is 0. The normalized spacial score (nSPS) is 16.0. The standard InChI is InChI=1S/C15H25N5OS.HI/c1-4-14-18-13(10-22-14)9-17-15(16-3)19-12-5-7-20(8-6-12)11(2)21;/h10,12H,4-9H2,1-3H3,(H2,16,17,19);1H. The summed E-state index contributed by atoms with van der Waals surface area (Å²) in [7, 11) is 1.78. The number of aryl methyl sites for hydroxylation is 1. The van der Waals surface area contributed by atoms with Gasteiger partial charge in [-0.05, 0) is 19.3 Å². The van der Waals surface area contributed by atoms with Crippen LogP contribution in [0.25, 0.3) is 0 Å². The van der Waals surface area contributed by atoms with Crippen molar-refractivity contribution in [3.8, 4) is 0 Å². The molecule has 0 saturated carbocycles. The number of nitrogens with one attached hydrogen (secondary N) is 2. The Labute approximate surface area is 159 Å². The predicted molar refractivity (Wildman–Crippen MR) is 106 cm³/mol. The number of amides is 1. The van der Waals surface area contributed by atoms with Crippen LogP contribution in [-0.2, 0) is 17.8 Å². The van der Waals surface area contributed by atoms with Gasteiger partial charge in [-0.2, -0.15) is 0 Å². The number of likely N-dealkylation sites (tertiary alicyclic amines) is 1. The number of aromatic nitrogens is 1. The molecule has 2 rings (SSSR count). The number of piperidine rings is 1. The molecular formula is C15H26IN5OS. The van der Waals surface area contributed by atoms with Crippen molar-refractivity contribution in [2.75, 3.05) is 20.1 Å². The van der Waals surface area contributed by atoms with E-state index < -0.39 is 0 Å². The number of hydrogen-bond acceptors (Lipinski definition) is 4. The lowest BCUT2D eigenvalue weighted by molar-refractivity contribution is -0.129. The first kappa shape index (κ1) is 20.1. The molecule has 130 valence electrons. The van der Waals surface area contributed by atoms with E-state index in [1.54, 1.807) is 25.3 Å². The molecule has 2 N–H and O–H groups in total. The first-order valence-corrected chi connectivity index (χ1v) is 8.66. The second-order valence-corrected chi connectivity index (χ2v) is 6.38. The van der Waals surface area contributed by atoms with Gasteiger partial charge >= 0.3 is 0 Å². The van der Waals surface area contributed by atoms with Gasteiger partial charge in [0.1, 0.15) is 0 Å². The van der Waals surface area contributed by atoms with Crippen LogP contribution in [0.4, 0.5) is 0 Å². The molecule has 1 aromatic rings. The molecule has 1 aliphatic heterocycles. The van der Waals surface area contributed by atoms with E-state index >= 15 is 0 Å². The van der Waals surface area contributed by atoms with Crippen molar-refractivity contribution in [2.45, 2.75) is 45.7 Å². The van der Waals surface area contributed by atoms with Crippen LogP contribution >= 0.6 is 35.3 Å². The quantitative estimate of drug-likeness (QED) is 0.418. The third kappa shape index (κ3) is 6.25. The zero-order valence-electron chi connectivity index (χ0n) is 14.0. The smallest absolute Gasteiger partial charge is 0.219 e. The molecule has 0 spiro atoms. The monoisotopic (exact) mass is 451 g/mol. The van der Waals surface area contributed by atoms with Crippen LogP contribution in [0, 0.1) is 0 Å². The van der Waals surface area contributed by atoms with Crippen LogP contribution < -0.4 is 10.6 Å². The van der Waals surface area contributed by atoms with Crippen LogP contribution in [0.3, 0.4) is 0 Å². The Morgan fingerprint density at radius 2 is 2.17 bits per heavy atom. The van der Waals surface area contributed by atoms with Crippen LogP contribution in [0.1, 0.15) is 37.4 Å². The van der Waals surface area contributed by atoms with E-state index in [-0.39, 0.29) is 29.9 Å². The average Bonchev–Trinajstić information content (AvgIpc) is 3.00. The van der Waals surface area contributed by atoms with Crippen LogP contribution in [-0.4, -0.2) is 47.9 Å². The molecule has 0 bridgehead atoms. The first-order chi connectivity index (χ1) is 10.6. The Balaban J connectivity index is 0.00000264. The van der Waals surface area contributed by atoms with Gasteiger partial charge < -0.3 is 15.5 Å². The fraction of sp³-hybridized carbons (Fsp3) is 0.667. The van der Waals surface area contributed by atoms with E-state index in [1.165, 1.54) is 0 Å². The van der Waals surface area contributed by atoms with Crippen molar-refractivity contribution < 1.29 is 4.79 Å². The summed E-state index contributed by atoms with van der Waals surface area (Å²) in [4.78, 5) is 22.0. The molecule has 23 heavy (non-hydrogen) atoms. The molecule has 0 radical (unpaired) electrons. The molecule has 0 aliphatic carbocycles. The summed E-state index contributed by atoms with van der Waals surface area (Å²) in [5.74, 6) is 0.962. The molecule has 1 saturated heterocycles. The summed E-state index contributed by atoms with van der Waals surface area (Å²) < 4.78 is 0. The Morgan fingerprint density at radius 1 is 1.48 bits per heavy atom. The maximum Gasteiger partial charge on any atom is 0.219 e. The Hall–Kier alpha value is -0.900. The van der Waals surface area contributed by atoms with E-state index in [2.05, 4.69) is 32.9 Å². The zero-order valence-corrected chi connectivity index (χ0v) is 17.1. The van der Waals surface area contributed by atoms with E-state index in [4.69, 9.17) is 0 Å². The minimum Gasteiger partial charge on any atom is -0.354 e. The molecule has 2 heterocycles. The molecule has 8 heteroatoms. The largest absolute Gasteiger partial charge is 0.354 e. The molecular weight excluding hydrogens is 425 g/mol. The van der Waals surface area contributed by atoms with Crippen molar-refractivity contribution in [1.29, 1.82) is 0 Å². The molecule has 6 nitrogen and oxygen atoms in total. The van der Waals surface area contributed by atoms with Crippen LogP contribution in [0.15, 0.2) is 10.4 Å². The van der Waals surface area contributed by atoms with Gasteiger partial charge in [-0.25, -0.2) is 4.98 Å². The van der Waals surface area contributed by atoms with E-state index in [9.17, 15) is 4.79 Å². The molecule has 0 aromatic carbocycles. The van der Waals surface area contributed by atoms with E-state index in [0.717, 1.165) is 49.0 Å². The Morgan fingerprint density at radius 3 is 2.70 bits per heavy atom. The van der Waals surface area contributed by atoms with Crippen LogP contribution in [0.2, 0.25) is 0 Å². The fourth-order valence-electron chi connectivity index (χ4n) is 2.49. The third-order valence-electron chi connectivity index (χ3n) is 3.84. The second kappa shape index (κ2) is 10.1. The molecule has 0 unspecified atom stereocenters. The van der Waals surface area contributed by atoms with Gasteiger partial charge in [0.25, 0.3) is 0 Å². The van der Waals surface area contributed by atoms with Crippen LogP contribution in [0.5, 0.6) is 0 Å². The van der Waals surface area contributed by atoms with Crippen molar-refractivity contribution >= 4 is 47.2 Å². The molecule has 1 aromatic heterocycles. The van der Waals surface area contributed by atoms with Gasteiger partial charge in [0.2, 0.25) is 5.91 Å². The highest BCUT2D eigenvalue weighted by Crippen LogP contribution is 2.11. The molecule has 1 aliphatic rings. The van der Waals surface area contributed by atoms with Gasteiger partial charge in [0.05, 0.1) is 17.2 Å². The Bertz CT molecular complexity index is 526. The summed E-state index contributed by atoms with van der Waals surface area (Å²) in [5.41, 5.74) is 1.05.